The van der Waals surface area contributed by atoms with E-state index in [2.05, 4.69) is 17.4 Å². The molecule has 1 heterocycles. The quantitative estimate of drug-likeness (QED) is 0.390. The van der Waals surface area contributed by atoms with Gasteiger partial charge in [-0.05, 0) is 12.8 Å². The average molecular weight is 95.2 g/mol. The fourth-order valence-corrected chi connectivity index (χ4v) is 1.25. The van der Waals surface area contributed by atoms with Crippen LogP contribution in [0.1, 0.15) is 12.8 Å². The summed E-state index contributed by atoms with van der Waals surface area (Å²) in [5, 5.41) is 0. The lowest BCUT2D eigenvalue weighted by atomic mass is 10.3. The number of hydrogen-bond acceptors (Lipinski definition) is 0. The van der Waals surface area contributed by atoms with Crippen molar-refractivity contribution in [2.24, 2.45) is 0 Å². The van der Waals surface area contributed by atoms with E-state index in [1.165, 1.54) is 12.8 Å². The van der Waals surface area contributed by atoms with Gasteiger partial charge in [0, 0.05) is 9.13 Å². The Kier molecular flexibility index (Phi) is 1.39. The molecule has 1 heteroatoms. The molecule has 1 rings (SSSR count). The molecule has 31 valence electrons. The van der Waals surface area contributed by atoms with Gasteiger partial charge in [0.25, 0.3) is 0 Å². The van der Waals surface area contributed by atoms with Crippen molar-refractivity contribution in [1.29, 1.82) is 0 Å². The Morgan fingerprint density at radius 3 is 2.50 bits per heavy atom. The Morgan fingerprint density at radius 1 is 1.33 bits per heavy atom. The maximum atomic E-state index is 2.33. The van der Waals surface area contributed by atoms with Gasteiger partial charge in [-0.3, -0.25) is 0 Å². The third-order valence-corrected chi connectivity index (χ3v) is 1.76. The fraction of sp³-hybridized carbons (Fsp3) is 0.400. The first-order valence-electron chi connectivity index (χ1n) is 2.23. The topological polar surface area (TPSA) is 0 Å². The molecular weight excluding hydrogens is 88.1 g/mol. The van der Waals surface area contributed by atoms with Crippen molar-refractivity contribution in [2.75, 3.05) is 0 Å². The predicted octanol–water partition coefficient (Wildman–Crippen LogP) is 0.800. The molecule has 0 fully saturated rings. The molecule has 0 atom stereocenters. The lowest BCUT2D eigenvalue weighted by Crippen LogP contribution is -1.84. The molecule has 0 aliphatic carbocycles. The van der Waals surface area contributed by atoms with Gasteiger partial charge >= 0.3 is 0 Å². The zero-order valence-electron chi connectivity index (χ0n) is 3.65. The molecule has 1 radical (unpaired) electrons. The normalized spacial score (nSPS) is 18.7. The summed E-state index contributed by atoms with van der Waals surface area (Å²) in [5.74, 6) is 0. The highest BCUT2D eigenvalue weighted by molar-refractivity contribution is 6.52. The van der Waals surface area contributed by atoms with Crippen LogP contribution < -0.4 is 0 Å². The van der Waals surface area contributed by atoms with Crippen LogP contribution in [-0.4, -0.2) is 14.8 Å². The van der Waals surface area contributed by atoms with E-state index in [0.717, 1.165) is 9.13 Å². The SMILES string of the molecule is C1=C[Si]=CCC1. The summed E-state index contributed by atoms with van der Waals surface area (Å²) in [6.45, 7) is 0. The maximum absolute atomic E-state index is 2.33. The van der Waals surface area contributed by atoms with Crippen molar-refractivity contribution in [3.8, 4) is 0 Å². The second kappa shape index (κ2) is 2.08. The van der Waals surface area contributed by atoms with Crippen LogP contribution in [-0.2, 0) is 0 Å². The molecular formula is C5H7Si. The summed E-state index contributed by atoms with van der Waals surface area (Å²) in [5.41, 5.74) is 4.57. The molecule has 0 nitrogen and oxygen atoms in total. The lowest BCUT2D eigenvalue weighted by molar-refractivity contribution is 1.13. The molecule has 0 saturated carbocycles. The van der Waals surface area contributed by atoms with E-state index in [1.807, 2.05) is 0 Å². The zero-order chi connectivity index (χ0) is 4.24. The molecule has 0 aromatic heterocycles. The summed E-state index contributed by atoms with van der Waals surface area (Å²) in [7, 11) is 0.996. The molecule has 1 aliphatic rings. The Balaban J connectivity index is 2.46. The molecule has 0 unspecified atom stereocenters. The van der Waals surface area contributed by atoms with Gasteiger partial charge in [0.15, 0.2) is 0 Å². The lowest BCUT2D eigenvalue weighted by Gasteiger charge is -1.87. The largest absolute Gasteiger partial charge is 0.0991 e. The predicted molar refractivity (Wildman–Crippen MR) is 30.2 cm³/mol. The number of hydrogen-bond donors (Lipinski definition) is 0. The Hall–Kier alpha value is -0.173. The smallest absolute Gasteiger partial charge is 0.0457 e. The van der Waals surface area contributed by atoms with E-state index in [-0.39, 0.29) is 0 Å². The first-order valence-corrected chi connectivity index (χ1v) is 3.38. The van der Waals surface area contributed by atoms with Gasteiger partial charge in [-0.1, -0.05) is 17.4 Å². The molecule has 1 aliphatic heterocycles. The number of allylic oxidation sites excluding steroid dienone is 1. The molecule has 0 bridgehead atoms. The molecule has 0 spiro atoms. The third-order valence-electron chi connectivity index (χ3n) is 0.810. The van der Waals surface area contributed by atoms with Crippen LogP contribution in [0.3, 0.4) is 0 Å². The highest BCUT2D eigenvalue weighted by atomic mass is 28.2. The third kappa shape index (κ3) is 0.901. The first-order chi connectivity index (χ1) is 3.00. The zero-order valence-corrected chi connectivity index (χ0v) is 4.65. The van der Waals surface area contributed by atoms with E-state index in [4.69, 9.17) is 0 Å². The van der Waals surface area contributed by atoms with Gasteiger partial charge in [-0.25, -0.2) is 0 Å². The van der Waals surface area contributed by atoms with Crippen LogP contribution in [0.15, 0.2) is 11.8 Å². The van der Waals surface area contributed by atoms with Crippen LogP contribution >= 0.6 is 0 Å². The maximum Gasteiger partial charge on any atom is 0.0457 e. The van der Waals surface area contributed by atoms with Gasteiger partial charge < -0.3 is 0 Å². The van der Waals surface area contributed by atoms with Crippen LogP contribution in [0.25, 0.3) is 0 Å². The van der Waals surface area contributed by atoms with Gasteiger partial charge in [0.2, 0.25) is 0 Å². The van der Waals surface area contributed by atoms with Crippen LogP contribution in [0.4, 0.5) is 0 Å². The highest BCUT2D eigenvalue weighted by Gasteiger charge is 1.78. The summed E-state index contributed by atoms with van der Waals surface area (Å²) in [4.78, 5) is 0. The Bertz CT molecular complexity index is 69.9. The minimum atomic E-state index is 0.996. The molecule has 0 aromatic rings. The van der Waals surface area contributed by atoms with E-state index < -0.39 is 0 Å². The Labute approximate surface area is 40.3 Å². The average Bonchev–Trinajstić information content (AvgIpc) is 1.72. The van der Waals surface area contributed by atoms with E-state index in [0.29, 0.717) is 0 Å². The summed E-state index contributed by atoms with van der Waals surface area (Å²) < 4.78 is 0. The van der Waals surface area contributed by atoms with Crippen molar-refractivity contribution in [2.45, 2.75) is 12.8 Å². The summed E-state index contributed by atoms with van der Waals surface area (Å²) in [6.07, 6.45) is 4.82. The van der Waals surface area contributed by atoms with Crippen LogP contribution in [0.5, 0.6) is 0 Å². The van der Waals surface area contributed by atoms with Crippen LogP contribution in [0, 0.1) is 0 Å². The second-order valence-electron chi connectivity index (χ2n) is 1.35. The van der Waals surface area contributed by atoms with Crippen molar-refractivity contribution in [3.63, 3.8) is 0 Å². The first kappa shape index (κ1) is 4.00. The molecule has 0 saturated heterocycles. The standard InChI is InChI=1S/C5H7Si/c1-2-4-6-5-3-1/h2,4-5H,1,3H2. The minimum Gasteiger partial charge on any atom is -0.0991 e. The van der Waals surface area contributed by atoms with E-state index in [1.54, 1.807) is 0 Å². The molecule has 0 aromatic carbocycles. The molecule has 0 amide bonds. The van der Waals surface area contributed by atoms with Crippen LogP contribution in [0.2, 0.25) is 0 Å². The van der Waals surface area contributed by atoms with Crippen molar-refractivity contribution < 1.29 is 0 Å². The monoisotopic (exact) mass is 95.0 g/mol. The highest BCUT2D eigenvalue weighted by Crippen LogP contribution is 1.88. The minimum absolute atomic E-state index is 0.996. The van der Waals surface area contributed by atoms with Crippen molar-refractivity contribution in [1.82, 2.24) is 0 Å². The molecule has 0 N–H and O–H groups in total. The van der Waals surface area contributed by atoms with E-state index >= 15 is 0 Å². The molecule has 6 heavy (non-hydrogen) atoms. The van der Waals surface area contributed by atoms with Gasteiger partial charge in [-0.15, -0.1) is 0 Å². The number of rotatable bonds is 0. The van der Waals surface area contributed by atoms with Gasteiger partial charge in [0.05, 0.1) is 0 Å². The fourth-order valence-electron chi connectivity index (χ4n) is 0.482. The summed E-state index contributed by atoms with van der Waals surface area (Å²) in [6, 6.07) is 0. The Morgan fingerprint density at radius 2 is 2.33 bits per heavy atom. The second-order valence-corrected chi connectivity index (χ2v) is 2.43. The van der Waals surface area contributed by atoms with Crippen molar-refractivity contribution in [3.05, 3.63) is 11.8 Å². The van der Waals surface area contributed by atoms with Gasteiger partial charge in [-0.2, -0.15) is 0 Å². The van der Waals surface area contributed by atoms with E-state index in [9.17, 15) is 0 Å². The van der Waals surface area contributed by atoms with Crippen molar-refractivity contribution >= 4 is 14.8 Å². The van der Waals surface area contributed by atoms with Gasteiger partial charge in [0.1, 0.15) is 0 Å². The summed E-state index contributed by atoms with van der Waals surface area (Å²) >= 11 is 0.